The fraction of sp³-hybridized carbons (Fsp3) is 0.333. The van der Waals surface area contributed by atoms with Crippen LogP contribution in [0, 0.1) is 0 Å². The Balaban J connectivity index is 2.83. The van der Waals surface area contributed by atoms with Crippen molar-refractivity contribution in [3.05, 3.63) is 10.6 Å². The lowest BCUT2D eigenvalue weighted by molar-refractivity contribution is -0.466. The number of halogens is 2. The van der Waals surface area contributed by atoms with Crippen LogP contribution in [0.4, 0.5) is 0 Å². The van der Waals surface area contributed by atoms with Crippen molar-refractivity contribution in [2.75, 3.05) is 14.1 Å². The van der Waals surface area contributed by atoms with Crippen molar-refractivity contribution < 1.29 is 9.31 Å². The molecule has 0 aromatic carbocycles. The van der Waals surface area contributed by atoms with Gasteiger partial charge in [-0.05, 0) is 23.2 Å². The molecule has 0 aliphatic carbocycles. The zero-order valence-corrected chi connectivity index (χ0v) is 8.54. The summed E-state index contributed by atoms with van der Waals surface area (Å²) in [6.07, 6.45) is 1.42. The van der Waals surface area contributed by atoms with Gasteiger partial charge < -0.3 is 4.74 Å². The first kappa shape index (κ1) is 10.1. The summed E-state index contributed by atoms with van der Waals surface area (Å²) in [5.41, 5.74) is 0. The predicted molar refractivity (Wildman–Crippen MR) is 48.6 cm³/mol. The molecule has 0 saturated carbocycles. The van der Waals surface area contributed by atoms with Crippen LogP contribution in [0.2, 0.25) is 10.6 Å². The third kappa shape index (κ3) is 3.52. The standard InChI is InChI=1S/C6H7Cl2N4O/c1-12(2)3-13-6-10-4(7)9-5(8)11-6/h3H,1-2H3/q+1. The molecule has 0 saturated heterocycles. The molecule has 70 valence electrons. The summed E-state index contributed by atoms with van der Waals surface area (Å²) in [4.78, 5) is 10.9. The highest BCUT2D eigenvalue weighted by molar-refractivity contribution is 6.31. The minimum atomic E-state index is 0.00200. The predicted octanol–water partition coefficient (Wildman–Crippen LogP) is 0.858. The van der Waals surface area contributed by atoms with Crippen LogP contribution in [0.25, 0.3) is 0 Å². The van der Waals surface area contributed by atoms with E-state index in [9.17, 15) is 0 Å². The van der Waals surface area contributed by atoms with Gasteiger partial charge in [-0.15, -0.1) is 0 Å². The number of hydrogen-bond donors (Lipinski definition) is 0. The lowest BCUT2D eigenvalue weighted by Gasteiger charge is -1.95. The third-order valence-corrected chi connectivity index (χ3v) is 1.27. The van der Waals surface area contributed by atoms with E-state index in [1.54, 1.807) is 18.7 Å². The fourth-order valence-electron chi connectivity index (χ4n) is 0.514. The van der Waals surface area contributed by atoms with Crippen LogP contribution < -0.4 is 4.74 Å². The second-order valence-electron chi connectivity index (χ2n) is 2.34. The molecule has 1 aromatic rings. The lowest BCUT2D eigenvalue weighted by atomic mass is 11.0. The Morgan fingerprint density at radius 1 is 1.15 bits per heavy atom. The SMILES string of the molecule is C[N+](C)=COc1nc(Cl)nc(Cl)n1. The largest absolute Gasteiger partial charge is 0.374 e. The van der Waals surface area contributed by atoms with Gasteiger partial charge in [-0.2, -0.15) is 15.0 Å². The zero-order chi connectivity index (χ0) is 9.84. The summed E-state index contributed by atoms with van der Waals surface area (Å²) >= 11 is 11.0. The van der Waals surface area contributed by atoms with Crippen molar-refractivity contribution in [1.29, 1.82) is 0 Å². The molecule has 0 fully saturated rings. The summed E-state index contributed by atoms with van der Waals surface area (Å²) in [6, 6.07) is 0.0682. The first-order valence-corrected chi connectivity index (χ1v) is 4.07. The molecule has 0 spiro atoms. The van der Waals surface area contributed by atoms with E-state index >= 15 is 0 Å². The van der Waals surface area contributed by atoms with Gasteiger partial charge in [0.1, 0.15) is 14.1 Å². The van der Waals surface area contributed by atoms with E-state index in [4.69, 9.17) is 27.9 Å². The Morgan fingerprint density at radius 2 is 1.69 bits per heavy atom. The molecule has 0 amide bonds. The van der Waals surface area contributed by atoms with E-state index in [2.05, 4.69) is 15.0 Å². The Labute approximate surface area is 85.0 Å². The number of aromatic nitrogens is 3. The molecule has 0 unspecified atom stereocenters. The van der Waals surface area contributed by atoms with Gasteiger partial charge in [-0.3, -0.25) is 0 Å². The molecular formula is C6H7Cl2N4O+. The summed E-state index contributed by atoms with van der Waals surface area (Å²) < 4.78 is 6.68. The number of rotatable bonds is 2. The molecule has 0 aliphatic heterocycles. The first-order valence-electron chi connectivity index (χ1n) is 3.31. The summed E-state index contributed by atoms with van der Waals surface area (Å²) in [6.45, 7) is 0. The molecule has 5 nitrogen and oxygen atoms in total. The summed E-state index contributed by atoms with van der Waals surface area (Å²) in [7, 11) is 3.59. The molecule has 0 radical (unpaired) electrons. The van der Waals surface area contributed by atoms with E-state index in [1.807, 2.05) is 0 Å². The Hall–Kier alpha value is -0.940. The van der Waals surface area contributed by atoms with Crippen LogP contribution in [0.5, 0.6) is 6.01 Å². The van der Waals surface area contributed by atoms with Crippen molar-refractivity contribution >= 4 is 29.6 Å². The average molecular weight is 222 g/mol. The van der Waals surface area contributed by atoms with Gasteiger partial charge in [0.15, 0.2) is 0 Å². The molecule has 13 heavy (non-hydrogen) atoms. The van der Waals surface area contributed by atoms with Gasteiger partial charge in [0.25, 0.3) is 0 Å². The van der Waals surface area contributed by atoms with E-state index < -0.39 is 0 Å². The monoisotopic (exact) mass is 221 g/mol. The molecule has 0 bridgehead atoms. The molecule has 1 aromatic heterocycles. The van der Waals surface area contributed by atoms with Gasteiger partial charge >= 0.3 is 12.4 Å². The van der Waals surface area contributed by atoms with Crippen molar-refractivity contribution in [2.24, 2.45) is 0 Å². The topological polar surface area (TPSA) is 50.9 Å². The number of ether oxygens (including phenoxy) is 1. The summed E-state index contributed by atoms with van der Waals surface area (Å²) in [5, 5.41) is 0.00399. The second kappa shape index (κ2) is 4.34. The maximum atomic E-state index is 5.51. The normalized spacial score (nSPS) is 9.54. The van der Waals surface area contributed by atoms with Crippen LogP contribution in [0.15, 0.2) is 0 Å². The van der Waals surface area contributed by atoms with Crippen LogP contribution in [-0.4, -0.2) is 40.0 Å². The average Bonchev–Trinajstić information content (AvgIpc) is 1.99. The molecular weight excluding hydrogens is 215 g/mol. The highest BCUT2D eigenvalue weighted by atomic mass is 35.5. The molecule has 0 N–H and O–H groups in total. The van der Waals surface area contributed by atoms with Gasteiger partial charge in [0.05, 0.1) is 0 Å². The lowest BCUT2D eigenvalue weighted by Crippen LogP contribution is -2.07. The van der Waals surface area contributed by atoms with E-state index in [1.165, 1.54) is 6.40 Å². The molecule has 0 atom stereocenters. The van der Waals surface area contributed by atoms with Crippen molar-refractivity contribution in [1.82, 2.24) is 15.0 Å². The van der Waals surface area contributed by atoms with Gasteiger partial charge in [0.2, 0.25) is 10.6 Å². The Bertz CT molecular complexity index is 317. The smallest absolute Gasteiger partial charge is 0.331 e. The number of hydrogen-bond acceptors (Lipinski definition) is 4. The zero-order valence-electron chi connectivity index (χ0n) is 7.03. The van der Waals surface area contributed by atoms with Crippen LogP contribution in [0.3, 0.4) is 0 Å². The molecule has 0 aliphatic rings. The number of nitrogens with zero attached hydrogens (tertiary/aromatic N) is 4. The van der Waals surface area contributed by atoms with Crippen molar-refractivity contribution in [3.63, 3.8) is 0 Å². The summed E-state index contributed by atoms with van der Waals surface area (Å²) in [5.74, 6) is 0. The van der Waals surface area contributed by atoms with Gasteiger partial charge in [-0.1, -0.05) is 0 Å². The van der Waals surface area contributed by atoms with E-state index in [0.717, 1.165) is 0 Å². The van der Waals surface area contributed by atoms with E-state index in [-0.39, 0.29) is 16.6 Å². The van der Waals surface area contributed by atoms with E-state index in [0.29, 0.717) is 0 Å². The van der Waals surface area contributed by atoms with Crippen LogP contribution in [-0.2, 0) is 0 Å². The van der Waals surface area contributed by atoms with Crippen molar-refractivity contribution in [2.45, 2.75) is 0 Å². The maximum absolute atomic E-state index is 5.51. The third-order valence-electron chi connectivity index (χ3n) is 0.929. The second-order valence-corrected chi connectivity index (χ2v) is 3.02. The first-order chi connectivity index (χ1) is 6.08. The highest BCUT2D eigenvalue weighted by Crippen LogP contribution is 2.10. The molecule has 1 rings (SSSR count). The fourth-order valence-corrected chi connectivity index (χ4v) is 0.862. The quantitative estimate of drug-likeness (QED) is 0.423. The van der Waals surface area contributed by atoms with Gasteiger partial charge in [-0.25, -0.2) is 4.58 Å². The maximum Gasteiger partial charge on any atom is 0.331 e. The Morgan fingerprint density at radius 3 is 2.15 bits per heavy atom. The van der Waals surface area contributed by atoms with Crippen molar-refractivity contribution in [3.8, 4) is 6.01 Å². The van der Waals surface area contributed by atoms with Crippen LogP contribution in [0.1, 0.15) is 0 Å². The molecule has 7 heteroatoms. The molecule has 1 heterocycles. The minimum Gasteiger partial charge on any atom is -0.374 e. The van der Waals surface area contributed by atoms with Gasteiger partial charge in [0, 0.05) is 0 Å². The minimum absolute atomic E-state index is 0.00200. The van der Waals surface area contributed by atoms with Crippen LogP contribution >= 0.6 is 23.2 Å². The Kier molecular flexibility index (Phi) is 3.39. The highest BCUT2D eigenvalue weighted by Gasteiger charge is 2.03.